The fourth-order valence-electron chi connectivity index (χ4n) is 2.48. The number of esters is 1. The highest BCUT2D eigenvalue weighted by atomic mass is 32.2. The minimum Gasteiger partial charge on any atom is -0.459 e. The molecule has 0 aromatic carbocycles. The number of ether oxygens (including phenoxy) is 1. The molecule has 1 heterocycles. The van der Waals surface area contributed by atoms with Gasteiger partial charge in [0.25, 0.3) is 0 Å². The summed E-state index contributed by atoms with van der Waals surface area (Å²) in [5, 5.41) is 0. The van der Waals surface area contributed by atoms with Crippen LogP contribution >= 0.6 is 0 Å². The second kappa shape index (κ2) is 7.41. The number of hydrogen-bond acceptors (Lipinski definition) is 5. The summed E-state index contributed by atoms with van der Waals surface area (Å²) in [5.74, 6) is 0.222. The first-order valence-corrected chi connectivity index (χ1v) is 9.33. The molecule has 5 nitrogen and oxygen atoms in total. The molecule has 0 aromatic heterocycles. The number of nitrogens with zero attached hydrogens (tertiary/aromatic N) is 1. The van der Waals surface area contributed by atoms with Gasteiger partial charge in [0.1, 0.15) is 5.60 Å². The quantitative estimate of drug-likeness (QED) is 0.669. The van der Waals surface area contributed by atoms with E-state index in [1.807, 2.05) is 25.7 Å². The summed E-state index contributed by atoms with van der Waals surface area (Å²) in [5.41, 5.74) is -0.331. The molecule has 0 aliphatic carbocycles. The van der Waals surface area contributed by atoms with Crippen LogP contribution in [-0.4, -0.2) is 56.0 Å². The predicted molar refractivity (Wildman–Crippen MR) is 79.4 cm³/mol. The zero-order chi connectivity index (χ0) is 15.2. The van der Waals surface area contributed by atoms with Crippen LogP contribution in [0, 0.1) is 0 Å². The maximum atomic E-state index is 11.9. The highest BCUT2D eigenvalue weighted by Gasteiger charge is 2.29. The van der Waals surface area contributed by atoms with Crippen molar-refractivity contribution in [1.82, 2.24) is 4.90 Å². The summed E-state index contributed by atoms with van der Waals surface area (Å²) >= 11 is 0. The van der Waals surface area contributed by atoms with E-state index in [2.05, 4.69) is 0 Å². The number of rotatable bonds is 7. The Labute approximate surface area is 122 Å². The number of carbonyl (C=O) groups is 1. The molecule has 0 N–H and O–H groups in total. The lowest BCUT2D eigenvalue weighted by Crippen LogP contribution is -2.41. The van der Waals surface area contributed by atoms with E-state index >= 15 is 0 Å². The first-order chi connectivity index (χ1) is 9.36. The van der Waals surface area contributed by atoms with E-state index in [1.165, 1.54) is 0 Å². The van der Waals surface area contributed by atoms with E-state index in [-0.39, 0.29) is 23.1 Å². The smallest absolute Gasteiger partial charge is 0.307 e. The standard InChI is InChI=1S/C14H27NO4S/c1-4-14(5-2,6-3)19-13(16)7-8-15-9-11-20(17,18)12-10-15/h4-12H2,1-3H3. The molecule has 1 saturated heterocycles. The second-order valence-electron chi connectivity index (χ2n) is 5.46. The first kappa shape index (κ1) is 17.4. The monoisotopic (exact) mass is 305 g/mol. The van der Waals surface area contributed by atoms with Crippen molar-refractivity contribution in [1.29, 1.82) is 0 Å². The van der Waals surface area contributed by atoms with Gasteiger partial charge in [-0.15, -0.1) is 0 Å². The highest BCUT2D eigenvalue weighted by Crippen LogP contribution is 2.25. The predicted octanol–water partition coefficient (Wildman–Crippen LogP) is 1.62. The molecule has 1 fully saturated rings. The fraction of sp³-hybridized carbons (Fsp3) is 0.929. The zero-order valence-corrected chi connectivity index (χ0v) is 13.7. The maximum absolute atomic E-state index is 11.9. The van der Waals surface area contributed by atoms with Gasteiger partial charge in [-0.25, -0.2) is 8.42 Å². The van der Waals surface area contributed by atoms with Crippen LogP contribution in [0.5, 0.6) is 0 Å². The van der Waals surface area contributed by atoms with E-state index in [0.717, 1.165) is 19.3 Å². The number of sulfone groups is 1. The Morgan fingerprint density at radius 1 is 1.10 bits per heavy atom. The molecule has 20 heavy (non-hydrogen) atoms. The van der Waals surface area contributed by atoms with Crippen LogP contribution < -0.4 is 0 Å². The van der Waals surface area contributed by atoms with E-state index in [1.54, 1.807) is 0 Å². The van der Waals surface area contributed by atoms with Gasteiger partial charge in [-0.1, -0.05) is 20.8 Å². The number of hydrogen-bond donors (Lipinski definition) is 0. The Hall–Kier alpha value is -0.620. The molecule has 1 rings (SSSR count). The Morgan fingerprint density at radius 3 is 2.05 bits per heavy atom. The van der Waals surface area contributed by atoms with Gasteiger partial charge in [0.15, 0.2) is 9.84 Å². The number of carbonyl (C=O) groups excluding carboxylic acids is 1. The molecule has 0 radical (unpaired) electrons. The van der Waals surface area contributed by atoms with E-state index in [9.17, 15) is 13.2 Å². The summed E-state index contributed by atoms with van der Waals surface area (Å²) < 4.78 is 28.3. The van der Waals surface area contributed by atoms with Crippen LogP contribution in [0.1, 0.15) is 46.5 Å². The Morgan fingerprint density at radius 2 is 1.60 bits per heavy atom. The molecular formula is C14H27NO4S. The van der Waals surface area contributed by atoms with Crippen LogP contribution in [-0.2, 0) is 19.4 Å². The highest BCUT2D eigenvalue weighted by molar-refractivity contribution is 7.91. The van der Waals surface area contributed by atoms with Gasteiger partial charge in [0, 0.05) is 19.6 Å². The Bertz CT molecular complexity index is 393. The molecule has 1 aliphatic rings. The first-order valence-electron chi connectivity index (χ1n) is 7.51. The second-order valence-corrected chi connectivity index (χ2v) is 7.76. The van der Waals surface area contributed by atoms with Crippen LogP contribution in [0.2, 0.25) is 0 Å². The van der Waals surface area contributed by atoms with Crippen LogP contribution in [0.15, 0.2) is 0 Å². The minimum absolute atomic E-state index is 0.177. The van der Waals surface area contributed by atoms with Gasteiger partial charge < -0.3 is 9.64 Å². The van der Waals surface area contributed by atoms with E-state index in [0.29, 0.717) is 26.1 Å². The van der Waals surface area contributed by atoms with Crippen molar-refractivity contribution in [2.75, 3.05) is 31.1 Å². The topological polar surface area (TPSA) is 63.7 Å². The van der Waals surface area contributed by atoms with E-state index < -0.39 is 9.84 Å². The van der Waals surface area contributed by atoms with Crippen LogP contribution in [0.3, 0.4) is 0 Å². The van der Waals surface area contributed by atoms with Crippen LogP contribution in [0.4, 0.5) is 0 Å². The van der Waals surface area contributed by atoms with Crippen molar-refractivity contribution in [3.8, 4) is 0 Å². The molecule has 0 amide bonds. The maximum Gasteiger partial charge on any atom is 0.307 e. The van der Waals surface area contributed by atoms with Gasteiger partial charge in [0.2, 0.25) is 0 Å². The van der Waals surface area contributed by atoms with Gasteiger partial charge in [-0.3, -0.25) is 4.79 Å². The lowest BCUT2D eigenvalue weighted by atomic mass is 9.94. The van der Waals surface area contributed by atoms with Crippen molar-refractivity contribution < 1.29 is 17.9 Å². The molecule has 0 saturated carbocycles. The van der Waals surface area contributed by atoms with Crippen molar-refractivity contribution in [3.05, 3.63) is 0 Å². The van der Waals surface area contributed by atoms with Crippen molar-refractivity contribution in [3.63, 3.8) is 0 Å². The molecule has 0 bridgehead atoms. The van der Waals surface area contributed by atoms with Crippen molar-refractivity contribution in [2.45, 2.75) is 52.1 Å². The lowest BCUT2D eigenvalue weighted by Gasteiger charge is -2.31. The van der Waals surface area contributed by atoms with Crippen molar-refractivity contribution >= 4 is 15.8 Å². The summed E-state index contributed by atoms with van der Waals surface area (Å²) in [6, 6.07) is 0. The largest absolute Gasteiger partial charge is 0.459 e. The molecule has 1 aliphatic heterocycles. The van der Waals surface area contributed by atoms with Crippen molar-refractivity contribution in [2.24, 2.45) is 0 Å². The average Bonchev–Trinajstić information content (AvgIpc) is 2.44. The SMILES string of the molecule is CCC(CC)(CC)OC(=O)CCN1CCS(=O)(=O)CC1. The normalized spacial score (nSPS) is 19.8. The molecule has 6 heteroatoms. The Kier molecular flexibility index (Phi) is 6.45. The van der Waals surface area contributed by atoms with Gasteiger partial charge in [0.05, 0.1) is 17.9 Å². The minimum atomic E-state index is -2.85. The third-order valence-electron chi connectivity index (χ3n) is 4.33. The van der Waals surface area contributed by atoms with E-state index in [4.69, 9.17) is 4.74 Å². The third kappa shape index (κ3) is 5.05. The third-order valence-corrected chi connectivity index (χ3v) is 5.94. The summed E-state index contributed by atoms with van der Waals surface area (Å²) in [6.07, 6.45) is 2.82. The Balaban J connectivity index is 2.37. The zero-order valence-electron chi connectivity index (χ0n) is 12.9. The molecular weight excluding hydrogens is 278 g/mol. The summed E-state index contributed by atoms with van der Waals surface area (Å²) in [7, 11) is -2.85. The van der Waals surface area contributed by atoms with Gasteiger partial charge in [-0.2, -0.15) is 0 Å². The van der Waals surface area contributed by atoms with Crippen LogP contribution in [0.25, 0.3) is 0 Å². The molecule has 0 aromatic rings. The lowest BCUT2D eigenvalue weighted by molar-refractivity contribution is -0.161. The molecule has 0 atom stereocenters. The summed E-state index contributed by atoms with van der Waals surface area (Å²) in [6.45, 7) is 7.75. The molecule has 0 spiro atoms. The van der Waals surface area contributed by atoms with Gasteiger partial charge in [-0.05, 0) is 19.3 Å². The van der Waals surface area contributed by atoms with Gasteiger partial charge >= 0.3 is 5.97 Å². The average molecular weight is 305 g/mol. The molecule has 118 valence electrons. The molecule has 0 unspecified atom stereocenters. The summed E-state index contributed by atoms with van der Waals surface area (Å²) in [4.78, 5) is 14.0. The fourth-order valence-corrected chi connectivity index (χ4v) is 3.76.